The molecule has 0 fully saturated rings. The molecule has 33 heavy (non-hydrogen) atoms. The van der Waals surface area contributed by atoms with Gasteiger partial charge in [0.05, 0.1) is 6.61 Å². The van der Waals surface area contributed by atoms with Crippen molar-refractivity contribution < 1.29 is 9.47 Å². The van der Waals surface area contributed by atoms with Gasteiger partial charge in [0.15, 0.2) is 5.82 Å². The van der Waals surface area contributed by atoms with Crippen molar-refractivity contribution in [2.75, 3.05) is 6.61 Å². The highest BCUT2D eigenvalue weighted by Gasteiger charge is 2.06. The van der Waals surface area contributed by atoms with Crippen LogP contribution in [0.2, 0.25) is 0 Å². The molecule has 0 saturated carbocycles. The molecule has 0 spiro atoms. The van der Waals surface area contributed by atoms with Crippen LogP contribution >= 0.6 is 0 Å². The number of fused-ring (bicyclic) bond motifs is 1. The van der Waals surface area contributed by atoms with Gasteiger partial charge in [-0.05, 0) is 41.0 Å². The van der Waals surface area contributed by atoms with Crippen molar-refractivity contribution in [2.45, 2.75) is 52.1 Å². The number of aromatic nitrogens is 2. The number of ether oxygens (including phenoxy) is 2. The van der Waals surface area contributed by atoms with E-state index < -0.39 is 0 Å². The van der Waals surface area contributed by atoms with Gasteiger partial charge in [-0.1, -0.05) is 87.6 Å². The molecule has 0 aliphatic heterocycles. The van der Waals surface area contributed by atoms with Crippen LogP contribution in [0.25, 0.3) is 22.2 Å². The summed E-state index contributed by atoms with van der Waals surface area (Å²) in [6, 6.07) is 24.4. The van der Waals surface area contributed by atoms with E-state index in [-0.39, 0.29) is 0 Å². The van der Waals surface area contributed by atoms with Crippen LogP contribution in [-0.2, 0) is 6.61 Å². The second-order valence-corrected chi connectivity index (χ2v) is 8.33. The summed E-state index contributed by atoms with van der Waals surface area (Å²) in [7, 11) is 0. The highest BCUT2D eigenvalue weighted by molar-refractivity contribution is 5.87. The van der Waals surface area contributed by atoms with Crippen molar-refractivity contribution in [1.29, 1.82) is 0 Å². The topological polar surface area (TPSA) is 44.2 Å². The van der Waals surface area contributed by atoms with Crippen molar-refractivity contribution in [3.05, 3.63) is 84.6 Å². The molecule has 4 nitrogen and oxygen atoms in total. The van der Waals surface area contributed by atoms with E-state index in [1.807, 2.05) is 36.4 Å². The van der Waals surface area contributed by atoms with E-state index in [1.54, 1.807) is 12.3 Å². The molecule has 0 amide bonds. The monoisotopic (exact) mass is 440 g/mol. The molecular formula is C29H32N2O2. The van der Waals surface area contributed by atoms with E-state index in [4.69, 9.17) is 9.47 Å². The molecule has 0 saturated heterocycles. The average Bonchev–Trinajstić information content (AvgIpc) is 2.87. The summed E-state index contributed by atoms with van der Waals surface area (Å²) in [5, 5.41) is 2.29. The normalized spacial score (nSPS) is 10.9. The lowest BCUT2D eigenvalue weighted by Gasteiger charge is -2.09. The lowest BCUT2D eigenvalue weighted by Crippen LogP contribution is -1.99. The summed E-state index contributed by atoms with van der Waals surface area (Å²) in [5.74, 6) is 2.16. The molecule has 0 radical (unpaired) electrons. The molecule has 0 aliphatic carbocycles. The average molecular weight is 441 g/mol. The lowest BCUT2D eigenvalue weighted by molar-refractivity contribution is 0.293. The summed E-state index contributed by atoms with van der Waals surface area (Å²) in [6.07, 6.45) is 9.36. The summed E-state index contributed by atoms with van der Waals surface area (Å²) >= 11 is 0. The van der Waals surface area contributed by atoms with Gasteiger partial charge in [0, 0.05) is 17.8 Å². The number of rotatable bonds is 12. The van der Waals surface area contributed by atoms with Gasteiger partial charge in [-0.2, -0.15) is 4.98 Å². The summed E-state index contributed by atoms with van der Waals surface area (Å²) in [4.78, 5) is 9.05. The van der Waals surface area contributed by atoms with Crippen molar-refractivity contribution in [2.24, 2.45) is 0 Å². The molecule has 0 atom stereocenters. The Morgan fingerprint density at radius 1 is 0.727 bits per heavy atom. The molecule has 1 aromatic heterocycles. The molecule has 0 N–H and O–H groups in total. The molecule has 0 aliphatic rings. The first-order valence-electron chi connectivity index (χ1n) is 12.0. The Kier molecular flexibility index (Phi) is 8.29. The highest BCUT2D eigenvalue weighted by atomic mass is 16.5. The third-order valence-electron chi connectivity index (χ3n) is 5.70. The fourth-order valence-electron chi connectivity index (χ4n) is 3.82. The summed E-state index contributed by atoms with van der Waals surface area (Å²) in [5.41, 5.74) is 2.08. The second kappa shape index (κ2) is 12.0. The van der Waals surface area contributed by atoms with Crippen LogP contribution in [0.3, 0.4) is 0 Å². The summed E-state index contributed by atoms with van der Waals surface area (Å²) < 4.78 is 11.8. The van der Waals surface area contributed by atoms with Gasteiger partial charge in [-0.3, -0.25) is 0 Å². The van der Waals surface area contributed by atoms with Crippen molar-refractivity contribution >= 4 is 10.8 Å². The Bertz CT molecular complexity index is 1140. The van der Waals surface area contributed by atoms with E-state index >= 15 is 0 Å². The number of benzene rings is 3. The fraction of sp³-hybridized carbons (Fsp3) is 0.310. The molecule has 0 bridgehead atoms. The quantitative estimate of drug-likeness (QED) is 0.213. The van der Waals surface area contributed by atoms with Crippen molar-refractivity contribution in [3.63, 3.8) is 0 Å². The Hall–Kier alpha value is -3.40. The molecule has 1 heterocycles. The zero-order chi connectivity index (χ0) is 22.7. The SMILES string of the molecule is CCCCCCCCOc1ccc2cc(-c3nccc(OCc4ccccc4)n3)ccc2c1. The Labute approximate surface area is 196 Å². The van der Waals surface area contributed by atoms with Gasteiger partial charge in [0.1, 0.15) is 12.4 Å². The van der Waals surface area contributed by atoms with Gasteiger partial charge in [-0.15, -0.1) is 0 Å². The molecule has 170 valence electrons. The zero-order valence-corrected chi connectivity index (χ0v) is 19.4. The largest absolute Gasteiger partial charge is 0.494 e. The van der Waals surface area contributed by atoms with Crippen LogP contribution in [-0.4, -0.2) is 16.6 Å². The van der Waals surface area contributed by atoms with E-state index in [0.29, 0.717) is 18.3 Å². The maximum absolute atomic E-state index is 5.97. The first kappa shape index (κ1) is 22.8. The van der Waals surface area contributed by atoms with E-state index in [9.17, 15) is 0 Å². The maximum atomic E-state index is 5.97. The second-order valence-electron chi connectivity index (χ2n) is 8.33. The number of hydrogen-bond donors (Lipinski definition) is 0. The minimum atomic E-state index is 0.483. The van der Waals surface area contributed by atoms with Gasteiger partial charge in [0.25, 0.3) is 0 Å². The third-order valence-corrected chi connectivity index (χ3v) is 5.70. The Balaban J connectivity index is 1.36. The third kappa shape index (κ3) is 6.79. The van der Waals surface area contributed by atoms with Crippen molar-refractivity contribution in [3.8, 4) is 23.0 Å². The Morgan fingerprint density at radius 3 is 2.39 bits per heavy atom. The highest BCUT2D eigenvalue weighted by Crippen LogP contribution is 2.26. The van der Waals surface area contributed by atoms with Crippen LogP contribution in [0, 0.1) is 0 Å². The van der Waals surface area contributed by atoms with Gasteiger partial charge in [-0.25, -0.2) is 4.98 Å². The van der Waals surface area contributed by atoms with Crippen LogP contribution < -0.4 is 9.47 Å². The van der Waals surface area contributed by atoms with Crippen molar-refractivity contribution in [1.82, 2.24) is 9.97 Å². The number of nitrogens with zero attached hydrogens (tertiary/aromatic N) is 2. The van der Waals surface area contributed by atoms with Gasteiger partial charge < -0.3 is 9.47 Å². The van der Waals surface area contributed by atoms with E-state index in [2.05, 4.69) is 47.2 Å². The molecular weight excluding hydrogens is 408 g/mol. The number of unbranched alkanes of at least 4 members (excludes halogenated alkanes) is 5. The molecule has 0 unspecified atom stereocenters. The van der Waals surface area contributed by atoms with Gasteiger partial charge in [0.2, 0.25) is 5.88 Å². The van der Waals surface area contributed by atoms with E-state index in [0.717, 1.165) is 40.7 Å². The molecule has 4 heteroatoms. The first-order chi connectivity index (χ1) is 16.3. The van der Waals surface area contributed by atoms with Gasteiger partial charge >= 0.3 is 0 Å². The predicted octanol–water partition coefficient (Wildman–Crippen LogP) is 7.62. The fourth-order valence-corrected chi connectivity index (χ4v) is 3.82. The van der Waals surface area contributed by atoms with Crippen LogP contribution in [0.15, 0.2) is 79.0 Å². The summed E-state index contributed by atoms with van der Waals surface area (Å²) in [6.45, 7) is 3.51. The van der Waals surface area contributed by atoms with E-state index in [1.165, 1.54) is 32.1 Å². The maximum Gasteiger partial charge on any atom is 0.217 e. The minimum Gasteiger partial charge on any atom is -0.494 e. The first-order valence-corrected chi connectivity index (χ1v) is 12.0. The van der Waals surface area contributed by atoms with Crippen LogP contribution in [0.5, 0.6) is 11.6 Å². The smallest absolute Gasteiger partial charge is 0.217 e. The zero-order valence-electron chi connectivity index (χ0n) is 19.4. The molecule has 4 aromatic rings. The minimum absolute atomic E-state index is 0.483. The number of hydrogen-bond acceptors (Lipinski definition) is 4. The lowest BCUT2D eigenvalue weighted by atomic mass is 10.1. The predicted molar refractivity (Wildman–Crippen MR) is 135 cm³/mol. The molecule has 4 rings (SSSR count). The van der Waals surface area contributed by atoms with Crippen LogP contribution in [0.4, 0.5) is 0 Å². The molecule has 3 aromatic carbocycles. The standard InChI is InChI=1S/C29H32N2O2/c1-2-3-4-5-6-10-19-32-27-16-15-24-20-26(14-13-25(24)21-27)29-30-18-17-28(31-29)33-22-23-11-8-7-9-12-23/h7-9,11-18,20-21H,2-6,10,19,22H2,1H3. The van der Waals surface area contributed by atoms with Crippen LogP contribution in [0.1, 0.15) is 51.0 Å². The Morgan fingerprint density at radius 2 is 1.52 bits per heavy atom.